The third kappa shape index (κ3) is 4.86. The molecule has 0 aliphatic rings. The van der Waals surface area contributed by atoms with Crippen LogP contribution < -0.4 is 0 Å². The fraction of sp³-hybridized carbons (Fsp3) is 0.111. The summed E-state index contributed by atoms with van der Waals surface area (Å²) in [7, 11) is 0. The van der Waals surface area contributed by atoms with E-state index in [1.54, 1.807) is 0 Å². The maximum absolute atomic E-state index is 4.82. The molecule has 2 heteroatoms. The molecule has 0 radical (unpaired) electrons. The van der Waals surface area contributed by atoms with Crippen LogP contribution >= 0.6 is 0 Å². The first kappa shape index (κ1) is 23.8. The highest BCUT2D eigenvalue weighted by atomic mass is 14.7. The molecule has 6 aromatic rings. The van der Waals surface area contributed by atoms with Crippen molar-refractivity contribution in [3.05, 3.63) is 133 Å². The van der Waals surface area contributed by atoms with E-state index in [0.717, 1.165) is 46.1 Å². The van der Waals surface area contributed by atoms with Crippen LogP contribution in [0.2, 0.25) is 0 Å². The van der Waals surface area contributed by atoms with E-state index in [0.29, 0.717) is 0 Å². The SMILES string of the molecule is CCc1cc(CC)cc(-c2ccc(-c3ccc4cc(-c5ccc(-c6ccccn6)cc5)cnc4c3)cc2)c1. The number of fused-ring (bicyclic) bond motifs is 1. The van der Waals surface area contributed by atoms with Crippen LogP contribution in [0.25, 0.3) is 55.5 Å². The lowest BCUT2D eigenvalue weighted by Gasteiger charge is -2.10. The van der Waals surface area contributed by atoms with Gasteiger partial charge in [0, 0.05) is 28.9 Å². The molecule has 0 saturated heterocycles. The molecule has 38 heavy (non-hydrogen) atoms. The minimum absolute atomic E-state index is 0.983. The van der Waals surface area contributed by atoms with Gasteiger partial charge in [-0.3, -0.25) is 9.97 Å². The summed E-state index contributed by atoms with van der Waals surface area (Å²) in [6.07, 6.45) is 5.91. The van der Waals surface area contributed by atoms with Crippen molar-refractivity contribution in [2.75, 3.05) is 0 Å². The first-order chi connectivity index (χ1) is 18.7. The summed E-state index contributed by atoms with van der Waals surface area (Å²) in [6.45, 7) is 4.44. The molecule has 0 unspecified atom stereocenters. The van der Waals surface area contributed by atoms with E-state index in [2.05, 4.69) is 110 Å². The Morgan fingerprint density at radius 2 is 1.08 bits per heavy atom. The standard InChI is InChI=1S/C36H30N2/c1-3-25-19-26(4-2)21-33(20-25)28-10-8-27(9-11-28)31-16-17-32-22-34(24-38-36(32)23-31)29-12-14-30(15-13-29)35-7-5-6-18-37-35/h5-24H,3-4H2,1-2H3. The third-order valence-corrected chi connectivity index (χ3v) is 7.28. The minimum atomic E-state index is 0.983. The van der Waals surface area contributed by atoms with Gasteiger partial charge in [0.2, 0.25) is 0 Å². The Labute approximate surface area is 224 Å². The number of aryl methyl sites for hydroxylation is 2. The van der Waals surface area contributed by atoms with Gasteiger partial charge in [0.1, 0.15) is 0 Å². The molecule has 0 aliphatic carbocycles. The van der Waals surface area contributed by atoms with Gasteiger partial charge in [-0.15, -0.1) is 0 Å². The molecular weight excluding hydrogens is 460 g/mol. The van der Waals surface area contributed by atoms with Gasteiger partial charge >= 0.3 is 0 Å². The van der Waals surface area contributed by atoms with Crippen molar-refractivity contribution in [2.45, 2.75) is 26.7 Å². The second-order valence-electron chi connectivity index (χ2n) is 9.75. The van der Waals surface area contributed by atoms with Crippen LogP contribution in [0.3, 0.4) is 0 Å². The maximum Gasteiger partial charge on any atom is 0.0708 e. The van der Waals surface area contributed by atoms with Crippen LogP contribution in [0.5, 0.6) is 0 Å². The van der Waals surface area contributed by atoms with Crippen LogP contribution in [-0.2, 0) is 12.8 Å². The molecule has 0 bridgehead atoms. The topological polar surface area (TPSA) is 25.8 Å². The molecule has 2 nitrogen and oxygen atoms in total. The molecule has 0 saturated carbocycles. The van der Waals surface area contributed by atoms with Crippen molar-refractivity contribution in [1.29, 1.82) is 0 Å². The Hall–Kier alpha value is -4.56. The molecule has 0 amide bonds. The molecule has 4 aromatic carbocycles. The molecule has 6 rings (SSSR count). The molecular formula is C36H30N2. The van der Waals surface area contributed by atoms with Gasteiger partial charge < -0.3 is 0 Å². The van der Waals surface area contributed by atoms with Crippen molar-refractivity contribution < 1.29 is 0 Å². The van der Waals surface area contributed by atoms with E-state index in [1.807, 2.05) is 30.6 Å². The molecule has 0 spiro atoms. The molecule has 2 aromatic heterocycles. The number of rotatable bonds is 6. The monoisotopic (exact) mass is 490 g/mol. The number of hydrogen-bond donors (Lipinski definition) is 0. The Morgan fingerprint density at radius 1 is 0.474 bits per heavy atom. The van der Waals surface area contributed by atoms with Gasteiger partial charge in [-0.25, -0.2) is 0 Å². The van der Waals surface area contributed by atoms with Gasteiger partial charge in [-0.2, -0.15) is 0 Å². The number of benzene rings is 4. The van der Waals surface area contributed by atoms with E-state index >= 15 is 0 Å². The van der Waals surface area contributed by atoms with Crippen molar-refractivity contribution in [1.82, 2.24) is 9.97 Å². The third-order valence-electron chi connectivity index (χ3n) is 7.28. The summed E-state index contributed by atoms with van der Waals surface area (Å²) < 4.78 is 0. The lowest BCUT2D eigenvalue weighted by molar-refractivity contribution is 1.09. The summed E-state index contributed by atoms with van der Waals surface area (Å²) in [6, 6.07) is 39.2. The first-order valence-electron chi connectivity index (χ1n) is 13.4. The molecule has 2 heterocycles. The summed E-state index contributed by atoms with van der Waals surface area (Å²) in [5.74, 6) is 0. The van der Waals surface area contributed by atoms with E-state index < -0.39 is 0 Å². The zero-order valence-corrected chi connectivity index (χ0v) is 21.9. The van der Waals surface area contributed by atoms with Crippen molar-refractivity contribution in [3.63, 3.8) is 0 Å². The van der Waals surface area contributed by atoms with E-state index in [4.69, 9.17) is 4.98 Å². The zero-order valence-electron chi connectivity index (χ0n) is 21.9. The average molecular weight is 491 g/mol. The number of hydrogen-bond acceptors (Lipinski definition) is 2. The molecule has 0 N–H and O–H groups in total. The predicted octanol–water partition coefficient (Wildman–Crippen LogP) is 9.42. The van der Waals surface area contributed by atoms with Crippen LogP contribution in [0.1, 0.15) is 25.0 Å². The fourth-order valence-corrected chi connectivity index (χ4v) is 5.02. The number of nitrogens with zero attached hydrogens (tertiary/aromatic N) is 2. The normalized spacial score (nSPS) is 11.1. The number of pyridine rings is 2. The highest BCUT2D eigenvalue weighted by Crippen LogP contribution is 2.30. The van der Waals surface area contributed by atoms with Gasteiger partial charge in [0.25, 0.3) is 0 Å². The Balaban J connectivity index is 1.25. The van der Waals surface area contributed by atoms with Gasteiger partial charge in [0.05, 0.1) is 11.2 Å². The smallest absolute Gasteiger partial charge is 0.0708 e. The van der Waals surface area contributed by atoms with Crippen LogP contribution in [0.4, 0.5) is 0 Å². The second kappa shape index (κ2) is 10.4. The summed E-state index contributed by atoms with van der Waals surface area (Å²) in [5.41, 5.74) is 13.1. The van der Waals surface area contributed by atoms with Crippen molar-refractivity contribution in [2.24, 2.45) is 0 Å². The van der Waals surface area contributed by atoms with Crippen molar-refractivity contribution in [3.8, 4) is 44.6 Å². The summed E-state index contributed by atoms with van der Waals surface area (Å²) >= 11 is 0. The maximum atomic E-state index is 4.82. The lowest BCUT2D eigenvalue weighted by Crippen LogP contribution is -1.89. The van der Waals surface area contributed by atoms with Gasteiger partial charge in [0.15, 0.2) is 0 Å². The first-order valence-corrected chi connectivity index (χ1v) is 13.4. The quantitative estimate of drug-likeness (QED) is 0.232. The van der Waals surface area contributed by atoms with Crippen LogP contribution in [0, 0.1) is 0 Å². The number of aromatic nitrogens is 2. The zero-order chi connectivity index (χ0) is 25.9. The predicted molar refractivity (Wildman–Crippen MR) is 160 cm³/mol. The van der Waals surface area contributed by atoms with Gasteiger partial charge in [-0.1, -0.05) is 98.8 Å². The van der Waals surface area contributed by atoms with Crippen LogP contribution in [-0.4, -0.2) is 9.97 Å². The fourth-order valence-electron chi connectivity index (χ4n) is 5.02. The van der Waals surface area contributed by atoms with E-state index in [1.165, 1.54) is 33.4 Å². The molecule has 184 valence electrons. The summed E-state index contributed by atoms with van der Waals surface area (Å²) in [5, 5.41) is 1.14. The van der Waals surface area contributed by atoms with Gasteiger partial charge in [-0.05, 0) is 76.1 Å². The Kier molecular flexibility index (Phi) is 6.54. The highest BCUT2D eigenvalue weighted by molar-refractivity contribution is 5.88. The second-order valence-corrected chi connectivity index (χ2v) is 9.75. The van der Waals surface area contributed by atoms with E-state index in [9.17, 15) is 0 Å². The average Bonchev–Trinajstić information content (AvgIpc) is 3.01. The minimum Gasteiger partial charge on any atom is -0.256 e. The van der Waals surface area contributed by atoms with Crippen LogP contribution in [0.15, 0.2) is 122 Å². The van der Waals surface area contributed by atoms with E-state index in [-0.39, 0.29) is 0 Å². The molecule has 0 atom stereocenters. The Morgan fingerprint density at radius 3 is 1.71 bits per heavy atom. The molecule has 0 fully saturated rings. The van der Waals surface area contributed by atoms with Crippen molar-refractivity contribution >= 4 is 10.9 Å². The Bertz CT molecular complexity index is 1680. The summed E-state index contributed by atoms with van der Waals surface area (Å²) in [4.78, 5) is 9.26. The highest BCUT2D eigenvalue weighted by Gasteiger charge is 2.07. The lowest BCUT2D eigenvalue weighted by atomic mass is 9.95. The molecule has 0 aliphatic heterocycles. The largest absolute Gasteiger partial charge is 0.256 e.